The van der Waals surface area contributed by atoms with Crippen LogP contribution in [0.5, 0.6) is 0 Å². The van der Waals surface area contributed by atoms with Gasteiger partial charge in [-0.2, -0.15) is 0 Å². The van der Waals surface area contributed by atoms with Crippen molar-refractivity contribution < 1.29 is 14.7 Å². The third-order valence-electron chi connectivity index (χ3n) is 2.97. The number of carbonyl (C=O) groups is 2. The Morgan fingerprint density at radius 3 is 2.44 bits per heavy atom. The molecule has 2 amide bonds. The summed E-state index contributed by atoms with van der Waals surface area (Å²) in [6, 6.07) is -0.196. The van der Waals surface area contributed by atoms with Gasteiger partial charge in [0.15, 0.2) is 0 Å². The van der Waals surface area contributed by atoms with Gasteiger partial charge in [-0.25, -0.2) is 0 Å². The Morgan fingerprint density at radius 2 is 2.00 bits per heavy atom. The van der Waals surface area contributed by atoms with E-state index in [1.807, 2.05) is 0 Å². The fourth-order valence-corrected chi connectivity index (χ4v) is 1.86. The number of nitrogens with one attached hydrogen (secondary N) is 1. The van der Waals surface area contributed by atoms with Crippen LogP contribution < -0.4 is 5.32 Å². The first kappa shape index (κ1) is 13.0. The molecular weight excluding hydrogens is 208 g/mol. The zero-order valence-corrected chi connectivity index (χ0v) is 9.90. The Morgan fingerprint density at radius 1 is 1.44 bits per heavy atom. The molecule has 1 atom stereocenters. The number of nitrogens with zero attached hydrogens (tertiary/aromatic N) is 1. The van der Waals surface area contributed by atoms with Gasteiger partial charge >= 0.3 is 0 Å². The monoisotopic (exact) mass is 228 g/mol. The Kier molecular flexibility index (Phi) is 4.73. The maximum atomic E-state index is 11.7. The molecule has 0 unspecified atom stereocenters. The fraction of sp³-hybridized carbons (Fsp3) is 0.818. The normalized spacial score (nSPS) is 19.3. The van der Waals surface area contributed by atoms with Crippen molar-refractivity contribution >= 4 is 11.8 Å². The average molecular weight is 228 g/mol. The van der Waals surface area contributed by atoms with E-state index in [9.17, 15) is 9.59 Å². The highest BCUT2D eigenvalue weighted by atomic mass is 16.3. The summed E-state index contributed by atoms with van der Waals surface area (Å²) in [5, 5.41) is 11.6. The van der Waals surface area contributed by atoms with Gasteiger partial charge in [-0.05, 0) is 19.8 Å². The van der Waals surface area contributed by atoms with Crippen LogP contribution in [-0.2, 0) is 9.59 Å². The van der Waals surface area contributed by atoms with E-state index >= 15 is 0 Å². The van der Waals surface area contributed by atoms with Gasteiger partial charge in [0.1, 0.15) is 0 Å². The minimum absolute atomic E-state index is 0.00949. The van der Waals surface area contributed by atoms with Crippen LogP contribution in [0.1, 0.15) is 26.7 Å². The van der Waals surface area contributed by atoms with E-state index < -0.39 is 0 Å². The van der Waals surface area contributed by atoms with Crippen molar-refractivity contribution in [2.75, 3.05) is 19.7 Å². The van der Waals surface area contributed by atoms with Gasteiger partial charge in [0.2, 0.25) is 11.8 Å². The van der Waals surface area contributed by atoms with Gasteiger partial charge in [-0.3, -0.25) is 9.59 Å². The number of rotatable bonds is 3. The summed E-state index contributed by atoms with van der Waals surface area (Å²) in [4.78, 5) is 24.6. The molecule has 5 nitrogen and oxygen atoms in total. The number of hydrogen-bond acceptors (Lipinski definition) is 3. The first-order valence-corrected chi connectivity index (χ1v) is 5.71. The van der Waals surface area contributed by atoms with Crippen LogP contribution in [0.4, 0.5) is 0 Å². The van der Waals surface area contributed by atoms with Crippen LogP contribution in [0, 0.1) is 5.92 Å². The molecule has 1 saturated heterocycles. The van der Waals surface area contributed by atoms with Gasteiger partial charge in [-0.15, -0.1) is 0 Å². The van der Waals surface area contributed by atoms with Gasteiger partial charge in [0.25, 0.3) is 0 Å². The molecule has 92 valence electrons. The molecule has 0 aromatic heterocycles. The molecule has 1 rings (SSSR count). The maximum Gasteiger partial charge on any atom is 0.223 e. The van der Waals surface area contributed by atoms with E-state index in [1.54, 1.807) is 18.7 Å². The van der Waals surface area contributed by atoms with Crippen LogP contribution in [-0.4, -0.2) is 47.6 Å². The SMILES string of the molecule is CC(=O)N1CCC(C(=O)N[C@H](C)CO)CC1. The number of likely N-dealkylation sites (tertiary alicyclic amines) is 1. The van der Waals surface area contributed by atoms with Crippen LogP contribution in [0.15, 0.2) is 0 Å². The van der Waals surface area contributed by atoms with Crippen LogP contribution in [0.2, 0.25) is 0 Å². The molecule has 1 heterocycles. The molecule has 5 heteroatoms. The lowest BCUT2D eigenvalue weighted by atomic mass is 9.95. The fourth-order valence-electron chi connectivity index (χ4n) is 1.86. The van der Waals surface area contributed by atoms with Crippen molar-refractivity contribution in [3.05, 3.63) is 0 Å². The van der Waals surface area contributed by atoms with Gasteiger partial charge in [-0.1, -0.05) is 0 Å². The third-order valence-corrected chi connectivity index (χ3v) is 2.97. The summed E-state index contributed by atoms with van der Waals surface area (Å²) in [6.45, 7) is 4.58. The molecule has 0 aromatic carbocycles. The predicted molar refractivity (Wildman–Crippen MR) is 59.7 cm³/mol. The van der Waals surface area contributed by atoms with Crippen molar-refractivity contribution in [1.29, 1.82) is 0 Å². The molecule has 0 aliphatic carbocycles. The lowest BCUT2D eigenvalue weighted by Crippen LogP contribution is -2.45. The number of aliphatic hydroxyl groups excluding tert-OH is 1. The number of hydrogen-bond donors (Lipinski definition) is 2. The Hall–Kier alpha value is -1.10. The second-order valence-corrected chi connectivity index (χ2v) is 4.37. The summed E-state index contributed by atoms with van der Waals surface area (Å²) in [5.74, 6) is 0.0388. The summed E-state index contributed by atoms with van der Waals surface area (Å²) < 4.78 is 0. The topological polar surface area (TPSA) is 69.6 Å². The van der Waals surface area contributed by atoms with E-state index in [-0.39, 0.29) is 30.4 Å². The zero-order chi connectivity index (χ0) is 12.1. The Bertz CT molecular complexity index is 260. The van der Waals surface area contributed by atoms with E-state index in [4.69, 9.17) is 5.11 Å². The van der Waals surface area contributed by atoms with Gasteiger partial charge in [0.05, 0.1) is 6.61 Å². The van der Waals surface area contributed by atoms with E-state index in [1.165, 1.54) is 0 Å². The van der Waals surface area contributed by atoms with Crippen LogP contribution in [0.25, 0.3) is 0 Å². The minimum Gasteiger partial charge on any atom is -0.394 e. The van der Waals surface area contributed by atoms with Gasteiger partial charge < -0.3 is 15.3 Å². The van der Waals surface area contributed by atoms with E-state index in [0.717, 1.165) is 0 Å². The first-order valence-electron chi connectivity index (χ1n) is 5.71. The zero-order valence-electron chi connectivity index (χ0n) is 9.90. The van der Waals surface area contributed by atoms with Crippen molar-refractivity contribution in [2.24, 2.45) is 5.92 Å². The predicted octanol–water partition coefficient (Wildman–Crippen LogP) is -0.258. The minimum atomic E-state index is -0.196. The lowest BCUT2D eigenvalue weighted by molar-refractivity contribution is -0.134. The number of piperidine rings is 1. The number of amides is 2. The highest BCUT2D eigenvalue weighted by Crippen LogP contribution is 2.17. The smallest absolute Gasteiger partial charge is 0.223 e. The second kappa shape index (κ2) is 5.84. The molecule has 0 aromatic rings. The molecule has 0 spiro atoms. The maximum absolute atomic E-state index is 11.7. The Labute approximate surface area is 95.8 Å². The highest BCUT2D eigenvalue weighted by molar-refractivity contribution is 5.79. The molecule has 16 heavy (non-hydrogen) atoms. The Balaban J connectivity index is 2.36. The van der Waals surface area contributed by atoms with E-state index in [0.29, 0.717) is 25.9 Å². The molecule has 1 aliphatic heterocycles. The summed E-state index contributed by atoms with van der Waals surface area (Å²) in [6.07, 6.45) is 1.42. The van der Waals surface area contributed by atoms with Crippen molar-refractivity contribution in [2.45, 2.75) is 32.7 Å². The number of carbonyl (C=O) groups excluding carboxylic acids is 2. The third kappa shape index (κ3) is 3.48. The largest absolute Gasteiger partial charge is 0.394 e. The van der Waals surface area contributed by atoms with Gasteiger partial charge in [0, 0.05) is 32.0 Å². The quantitative estimate of drug-likeness (QED) is 0.699. The molecule has 1 fully saturated rings. The standard InChI is InChI=1S/C11H20N2O3/c1-8(7-14)12-11(16)10-3-5-13(6-4-10)9(2)15/h8,10,14H,3-7H2,1-2H3,(H,12,16)/t8-/m1/s1. The highest BCUT2D eigenvalue weighted by Gasteiger charge is 2.26. The van der Waals surface area contributed by atoms with Crippen molar-refractivity contribution in [3.8, 4) is 0 Å². The average Bonchev–Trinajstić information content (AvgIpc) is 2.28. The molecule has 0 bridgehead atoms. The molecule has 2 N–H and O–H groups in total. The second-order valence-electron chi connectivity index (χ2n) is 4.37. The molecule has 0 radical (unpaired) electrons. The van der Waals surface area contributed by atoms with E-state index in [2.05, 4.69) is 5.32 Å². The lowest BCUT2D eigenvalue weighted by Gasteiger charge is -2.31. The molecular formula is C11H20N2O3. The molecule has 1 aliphatic rings. The first-order chi connectivity index (χ1) is 7.54. The molecule has 0 saturated carbocycles. The summed E-state index contributed by atoms with van der Waals surface area (Å²) >= 11 is 0. The summed E-state index contributed by atoms with van der Waals surface area (Å²) in [7, 11) is 0. The van der Waals surface area contributed by atoms with Crippen LogP contribution >= 0.6 is 0 Å². The van der Waals surface area contributed by atoms with Crippen molar-refractivity contribution in [3.63, 3.8) is 0 Å². The van der Waals surface area contributed by atoms with Crippen molar-refractivity contribution in [1.82, 2.24) is 10.2 Å². The number of aliphatic hydroxyl groups is 1. The summed E-state index contributed by atoms with van der Waals surface area (Å²) in [5.41, 5.74) is 0. The van der Waals surface area contributed by atoms with Crippen LogP contribution in [0.3, 0.4) is 0 Å².